The Kier molecular flexibility index (Phi) is 11.3. The van der Waals surface area contributed by atoms with Gasteiger partial charge in [-0.15, -0.1) is 22.7 Å². The zero-order chi connectivity index (χ0) is 42.8. The molecule has 4 N–H and O–H groups in total. The van der Waals surface area contributed by atoms with Crippen molar-refractivity contribution in [3.63, 3.8) is 0 Å². The molecule has 1 unspecified atom stereocenters. The fourth-order valence-electron chi connectivity index (χ4n) is 6.73. The second-order valence-electron chi connectivity index (χ2n) is 13.3. The van der Waals surface area contributed by atoms with Crippen LogP contribution in [0.2, 0.25) is 0 Å². The average molecular weight is 859 g/mol. The van der Waals surface area contributed by atoms with E-state index in [1.165, 1.54) is 65.9 Å². The maximum atomic E-state index is 14.0. The van der Waals surface area contributed by atoms with Crippen molar-refractivity contribution < 1.29 is 8.78 Å². The van der Waals surface area contributed by atoms with Gasteiger partial charge in [0.2, 0.25) is 0 Å². The lowest BCUT2D eigenvalue weighted by Crippen LogP contribution is -2.23. The van der Waals surface area contributed by atoms with Gasteiger partial charge >= 0.3 is 0 Å². The van der Waals surface area contributed by atoms with Crippen LogP contribution in [0.1, 0.15) is 49.6 Å². The largest absolute Gasteiger partial charge is 0.362 e. The number of thiazole rings is 2. The predicted molar refractivity (Wildman–Crippen MR) is 233 cm³/mol. The van der Waals surface area contributed by atoms with Crippen molar-refractivity contribution in [2.24, 2.45) is 0 Å². The second-order valence-corrected chi connectivity index (χ2v) is 15.0. The number of nitrogens with zero attached hydrogens (tertiary/aromatic N) is 10. The maximum absolute atomic E-state index is 14.0. The van der Waals surface area contributed by atoms with Gasteiger partial charge < -0.3 is 20.6 Å². The molecule has 1 atom stereocenters. The van der Waals surface area contributed by atoms with Crippen LogP contribution in [0.25, 0.3) is 54.5 Å². The van der Waals surface area contributed by atoms with Gasteiger partial charge in [0.05, 0.1) is 47.8 Å². The van der Waals surface area contributed by atoms with Gasteiger partial charge in [0.15, 0.2) is 32.9 Å². The minimum atomic E-state index is -0.416. The molecule has 8 aromatic heterocycles. The Morgan fingerprint density at radius 2 is 1.23 bits per heavy atom. The lowest BCUT2D eigenvalue weighted by molar-refractivity contribution is 0.628. The number of imidazole rings is 2. The van der Waals surface area contributed by atoms with Crippen molar-refractivity contribution in [2.45, 2.75) is 47.2 Å². The Morgan fingerprint density at radius 1 is 0.705 bits per heavy atom. The SMILES string of the molecule is CC.Cc1csc2nc(C(C)Nc3ncnc4nc[nH]c34)c(-c3cccc(F)c3)c(=O)n12.Cc1csc2nc(CNc3ncnc4nc[nH]c34)c(-c3cccc(F)c3)c(=O)n12. The van der Waals surface area contributed by atoms with Crippen LogP contribution in [-0.4, -0.2) is 58.6 Å². The summed E-state index contributed by atoms with van der Waals surface area (Å²) in [6.07, 6.45) is 5.90. The van der Waals surface area contributed by atoms with Gasteiger partial charge in [-0.05, 0) is 56.2 Å². The highest BCUT2D eigenvalue weighted by atomic mass is 32.1. The highest BCUT2D eigenvalue weighted by Crippen LogP contribution is 2.30. The number of nitrogens with one attached hydrogen (secondary N) is 4. The predicted octanol–water partition coefficient (Wildman–Crippen LogP) is 7.89. The van der Waals surface area contributed by atoms with Crippen LogP contribution in [0.15, 0.2) is 94.2 Å². The molecule has 0 saturated carbocycles. The van der Waals surface area contributed by atoms with E-state index in [1.54, 1.807) is 39.4 Å². The van der Waals surface area contributed by atoms with Crippen LogP contribution in [0.4, 0.5) is 20.4 Å². The van der Waals surface area contributed by atoms with Gasteiger partial charge in [0.25, 0.3) is 11.1 Å². The molecule has 308 valence electrons. The van der Waals surface area contributed by atoms with Crippen LogP contribution in [-0.2, 0) is 6.54 Å². The standard InChI is InChI=1S/C20H16FN7OS.C19H14FN7OS.C2H6/c1-10-7-30-20-27-15(11(2)26-18-16-17(23-8-22-16)24-9-25-18)14(19(29)28(10)20)12-4-3-5-13(21)6-12;1-10-7-29-19-26-13(6-21-16-15-17(23-8-22-15)25-9-24-16)14(18(28)27(10)19)11-3-2-4-12(20)5-11;1-2/h3-9,11H,1-2H3,(H2,22,23,24,25,26);2-5,7-9H,6H2,1H3,(H2,21,22,23,24,25);1-2H3. The van der Waals surface area contributed by atoms with Crippen LogP contribution >= 0.6 is 22.7 Å². The van der Waals surface area contributed by atoms with Crippen LogP contribution in [0, 0.1) is 25.5 Å². The molecule has 2 aromatic carbocycles. The molecule has 0 saturated heterocycles. The molecular formula is C41H36F2N14O2S2. The molecular weight excluding hydrogens is 823 g/mol. The molecule has 8 heterocycles. The molecule has 10 aromatic rings. The molecule has 10 rings (SSSR count). The molecule has 20 heteroatoms. The number of hydrogen-bond donors (Lipinski definition) is 4. The Morgan fingerprint density at radius 3 is 1.82 bits per heavy atom. The molecule has 0 aliphatic carbocycles. The number of hydrogen-bond acceptors (Lipinski definition) is 14. The Bertz CT molecular complexity index is 3320. The van der Waals surface area contributed by atoms with Gasteiger partial charge in [0.1, 0.15) is 35.3 Å². The van der Waals surface area contributed by atoms with Crippen molar-refractivity contribution in [1.29, 1.82) is 0 Å². The molecule has 0 spiro atoms. The third kappa shape index (κ3) is 7.80. The Hall–Kier alpha value is -7.32. The molecule has 0 fully saturated rings. The van der Waals surface area contributed by atoms with Gasteiger partial charge in [-0.25, -0.2) is 48.7 Å². The van der Waals surface area contributed by atoms with Crippen molar-refractivity contribution in [3.8, 4) is 22.3 Å². The Balaban J connectivity index is 0.000000162. The number of H-pyrrole nitrogens is 2. The highest BCUT2D eigenvalue weighted by molar-refractivity contribution is 7.15. The first-order chi connectivity index (χ1) is 29.6. The lowest BCUT2D eigenvalue weighted by Gasteiger charge is -2.18. The summed E-state index contributed by atoms with van der Waals surface area (Å²) in [5, 5.41) is 10.2. The number of aryl methyl sites for hydroxylation is 2. The van der Waals surface area contributed by atoms with E-state index in [1.807, 2.05) is 45.4 Å². The summed E-state index contributed by atoms with van der Waals surface area (Å²) in [5.74, 6) is 0.255. The van der Waals surface area contributed by atoms with Gasteiger partial charge in [-0.2, -0.15) is 0 Å². The van der Waals surface area contributed by atoms with Crippen molar-refractivity contribution >= 4 is 66.6 Å². The molecule has 0 aliphatic rings. The van der Waals surface area contributed by atoms with Crippen molar-refractivity contribution in [1.82, 2.24) is 58.6 Å². The average Bonchev–Trinajstić information content (AvgIpc) is 4.09. The van der Waals surface area contributed by atoms with Crippen LogP contribution in [0.5, 0.6) is 0 Å². The summed E-state index contributed by atoms with van der Waals surface area (Å²) in [5.41, 5.74) is 6.16. The second kappa shape index (κ2) is 17.1. The number of aromatic amines is 2. The van der Waals surface area contributed by atoms with Crippen LogP contribution < -0.4 is 21.8 Å². The first kappa shape index (κ1) is 40.5. The van der Waals surface area contributed by atoms with E-state index in [2.05, 4.69) is 55.5 Å². The highest BCUT2D eigenvalue weighted by Gasteiger charge is 2.23. The Labute approximate surface area is 352 Å². The summed E-state index contributed by atoms with van der Waals surface area (Å²) in [4.78, 5) is 68.2. The van der Waals surface area contributed by atoms with E-state index < -0.39 is 17.7 Å². The van der Waals surface area contributed by atoms with Crippen molar-refractivity contribution in [3.05, 3.63) is 140 Å². The monoisotopic (exact) mass is 858 g/mol. The molecule has 16 nitrogen and oxygen atoms in total. The van der Waals surface area contributed by atoms with E-state index in [-0.39, 0.29) is 17.7 Å². The van der Waals surface area contributed by atoms with Gasteiger partial charge in [-0.3, -0.25) is 18.4 Å². The van der Waals surface area contributed by atoms with E-state index in [4.69, 9.17) is 4.98 Å². The molecule has 61 heavy (non-hydrogen) atoms. The van der Waals surface area contributed by atoms with Crippen molar-refractivity contribution in [2.75, 3.05) is 10.6 Å². The fraction of sp³-hybridized carbons (Fsp3) is 0.171. The number of aromatic nitrogens is 12. The summed E-state index contributed by atoms with van der Waals surface area (Å²) in [6.45, 7) is 9.79. The van der Waals surface area contributed by atoms with E-state index >= 15 is 0 Å². The smallest absolute Gasteiger partial charge is 0.266 e. The summed E-state index contributed by atoms with van der Waals surface area (Å²) in [7, 11) is 0. The molecule has 0 bridgehead atoms. The topological polar surface area (TPSA) is 202 Å². The maximum Gasteiger partial charge on any atom is 0.266 e. The number of halogens is 2. The fourth-order valence-corrected chi connectivity index (χ4v) is 8.47. The quantitative estimate of drug-likeness (QED) is 0.115. The van der Waals surface area contributed by atoms with E-state index in [0.717, 1.165) is 11.4 Å². The van der Waals surface area contributed by atoms with Gasteiger partial charge in [0, 0.05) is 22.1 Å². The molecule has 0 aliphatic heterocycles. The summed E-state index contributed by atoms with van der Waals surface area (Å²) >= 11 is 2.77. The number of benzene rings is 2. The lowest BCUT2D eigenvalue weighted by atomic mass is 10.0. The summed E-state index contributed by atoms with van der Waals surface area (Å²) < 4.78 is 30.9. The first-order valence-electron chi connectivity index (χ1n) is 19.0. The minimum absolute atomic E-state index is 0.222. The minimum Gasteiger partial charge on any atom is -0.362 e. The third-order valence-electron chi connectivity index (χ3n) is 9.44. The number of fused-ring (bicyclic) bond motifs is 4. The molecule has 0 amide bonds. The third-order valence-corrected chi connectivity index (χ3v) is 11.3. The molecule has 0 radical (unpaired) electrons. The van der Waals surface area contributed by atoms with E-state index in [9.17, 15) is 18.4 Å². The van der Waals surface area contributed by atoms with Gasteiger partial charge in [-0.1, -0.05) is 38.1 Å². The zero-order valence-electron chi connectivity index (χ0n) is 33.2. The normalized spacial score (nSPS) is 11.7. The number of rotatable bonds is 8. The number of anilines is 2. The van der Waals surface area contributed by atoms with E-state index in [0.29, 0.717) is 77.5 Å². The van der Waals surface area contributed by atoms with Crippen LogP contribution in [0.3, 0.4) is 0 Å². The summed E-state index contributed by atoms with van der Waals surface area (Å²) in [6, 6.07) is 11.6. The first-order valence-corrected chi connectivity index (χ1v) is 20.7. The zero-order valence-corrected chi connectivity index (χ0v) is 34.9.